The molecule has 0 saturated heterocycles. The molecule has 0 bridgehead atoms. The molecule has 0 aliphatic heterocycles. The van der Waals surface area contributed by atoms with Crippen molar-refractivity contribution in [3.05, 3.63) is 95.6 Å². The topological polar surface area (TPSA) is 24.7 Å². The van der Waals surface area contributed by atoms with Gasteiger partial charge in [0.15, 0.2) is 0 Å². The van der Waals surface area contributed by atoms with E-state index >= 15 is 0 Å². The first-order valence-corrected chi connectivity index (χ1v) is 7.38. The summed E-state index contributed by atoms with van der Waals surface area (Å²) in [4.78, 5) is 8.59. The molecule has 0 radical (unpaired) electrons. The Hall–Kier alpha value is -3.14. The minimum absolute atomic E-state index is 0.291. The second kappa shape index (κ2) is 7.42. The highest BCUT2D eigenvalue weighted by molar-refractivity contribution is 5.83. The largest absolute Gasteiger partial charge is 0.256 e. The summed E-state index contributed by atoms with van der Waals surface area (Å²) < 4.78 is 26.2. The monoisotopic (exact) mass is 320 g/mol. The summed E-state index contributed by atoms with van der Waals surface area (Å²) in [5.74, 6) is -0.582. The molecule has 4 heteroatoms. The molecule has 3 aromatic rings. The molecule has 0 saturated carbocycles. The third kappa shape index (κ3) is 4.43. The molecule has 0 atom stereocenters. The van der Waals surface area contributed by atoms with E-state index in [9.17, 15) is 8.78 Å². The van der Waals surface area contributed by atoms with Gasteiger partial charge >= 0.3 is 0 Å². The Labute approximate surface area is 138 Å². The van der Waals surface area contributed by atoms with Crippen LogP contribution in [-0.4, -0.2) is 12.4 Å². The molecule has 3 aromatic carbocycles. The Balaban J connectivity index is 1.69. The predicted molar refractivity (Wildman–Crippen MR) is 93.8 cm³/mol. The fraction of sp³-hybridized carbons (Fsp3) is 0. The molecule has 0 fully saturated rings. The first kappa shape index (κ1) is 15.7. The van der Waals surface area contributed by atoms with Gasteiger partial charge in [-0.3, -0.25) is 9.98 Å². The Morgan fingerprint density at radius 2 is 1.00 bits per heavy atom. The standard InChI is InChI=1S/C20H14F2N2/c21-17-5-1-3-15(11-17)13-23-19-7-9-20(10-8-19)24-14-16-4-2-6-18(22)12-16/h1-14H. The molecule has 3 rings (SSSR count). The van der Waals surface area contributed by atoms with Crippen molar-refractivity contribution in [2.75, 3.05) is 0 Å². The fourth-order valence-electron chi connectivity index (χ4n) is 2.10. The van der Waals surface area contributed by atoms with E-state index in [-0.39, 0.29) is 11.6 Å². The van der Waals surface area contributed by atoms with Gasteiger partial charge in [0, 0.05) is 12.4 Å². The van der Waals surface area contributed by atoms with Gasteiger partial charge in [-0.2, -0.15) is 0 Å². The molecule has 2 nitrogen and oxygen atoms in total. The fourth-order valence-corrected chi connectivity index (χ4v) is 2.10. The van der Waals surface area contributed by atoms with Crippen LogP contribution in [0.15, 0.2) is 82.8 Å². The number of hydrogen-bond donors (Lipinski definition) is 0. The molecule has 0 heterocycles. The number of aliphatic imine (C=N–C) groups is 2. The lowest BCUT2D eigenvalue weighted by atomic mass is 10.2. The van der Waals surface area contributed by atoms with Crippen molar-refractivity contribution in [2.45, 2.75) is 0 Å². The first-order chi connectivity index (χ1) is 11.7. The number of halogens is 2. The van der Waals surface area contributed by atoms with Crippen molar-refractivity contribution in [1.82, 2.24) is 0 Å². The van der Waals surface area contributed by atoms with Gasteiger partial charge in [-0.15, -0.1) is 0 Å². The Kier molecular flexibility index (Phi) is 4.87. The average molecular weight is 320 g/mol. The molecule has 0 aliphatic carbocycles. The molecule has 118 valence electrons. The van der Waals surface area contributed by atoms with Crippen LogP contribution in [0.25, 0.3) is 0 Å². The van der Waals surface area contributed by atoms with Crippen LogP contribution in [0.1, 0.15) is 11.1 Å². The molecule has 0 amide bonds. The van der Waals surface area contributed by atoms with E-state index in [0.29, 0.717) is 11.1 Å². The molecular weight excluding hydrogens is 306 g/mol. The Morgan fingerprint density at radius 3 is 1.38 bits per heavy atom. The summed E-state index contributed by atoms with van der Waals surface area (Å²) in [5.41, 5.74) is 2.87. The smallest absolute Gasteiger partial charge is 0.123 e. The lowest BCUT2D eigenvalue weighted by Gasteiger charge is -1.97. The van der Waals surface area contributed by atoms with E-state index in [1.807, 2.05) is 24.3 Å². The minimum Gasteiger partial charge on any atom is -0.256 e. The molecule has 0 aliphatic rings. The van der Waals surface area contributed by atoms with Crippen LogP contribution in [0.3, 0.4) is 0 Å². The normalized spacial score (nSPS) is 11.4. The second-order valence-electron chi connectivity index (χ2n) is 5.14. The van der Waals surface area contributed by atoms with Crippen LogP contribution in [-0.2, 0) is 0 Å². The number of hydrogen-bond acceptors (Lipinski definition) is 2. The van der Waals surface area contributed by atoms with Gasteiger partial charge in [-0.1, -0.05) is 24.3 Å². The number of benzene rings is 3. The van der Waals surface area contributed by atoms with E-state index in [2.05, 4.69) is 9.98 Å². The molecule has 0 unspecified atom stereocenters. The van der Waals surface area contributed by atoms with E-state index < -0.39 is 0 Å². The van der Waals surface area contributed by atoms with Crippen LogP contribution in [0.2, 0.25) is 0 Å². The van der Waals surface area contributed by atoms with Crippen LogP contribution in [0.4, 0.5) is 20.2 Å². The van der Waals surface area contributed by atoms with Crippen molar-refractivity contribution in [3.8, 4) is 0 Å². The SMILES string of the molecule is Fc1cccc(C=Nc2ccc(N=Cc3cccc(F)c3)cc2)c1. The average Bonchev–Trinajstić information content (AvgIpc) is 2.59. The van der Waals surface area contributed by atoms with Gasteiger partial charge in [0.1, 0.15) is 11.6 Å². The highest BCUT2D eigenvalue weighted by atomic mass is 19.1. The maximum atomic E-state index is 13.1. The van der Waals surface area contributed by atoms with Crippen LogP contribution in [0, 0.1) is 11.6 Å². The van der Waals surface area contributed by atoms with E-state index in [1.54, 1.807) is 36.7 Å². The van der Waals surface area contributed by atoms with Crippen molar-refractivity contribution in [2.24, 2.45) is 9.98 Å². The van der Waals surface area contributed by atoms with Gasteiger partial charge in [0.05, 0.1) is 11.4 Å². The van der Waals surface area contributed by atoms with Crippen molar-refractivity contribution >= 4 is 23.8 Å². The molecule has 24 heavy (non-hydrogen) atoms. The summed E-state index contributed by atoms with van der Waals surface area (Å²) >= 11 is 0. The van der Waals surface area contributed by atoms with Gasteiger partial charge in [0.2, 0.25) is 0 Å². The van der Waals surface area contributed by atoms with Gasteiger partial charge in [0.25, 0.3) is 0 Å². The van der Waals surface area contributed by atoms with Crippen molar-refractivity contribution in [3.63, 3.8) is 0 Å². The van der Waals surface area contributed by atoms with E-state index in [0.717, 1.165) is 11.4 Å². The van der Waals surface area contributed by atoms with Gasteiger partial charge < -0.3 is 0 Å². The highest BCUT2D eigenvalue weighted by Crippen LogP contribution is 2.18. The quantitative estimate of drug-likeness (QED) is 0.570. The molecule has 0 aromatic heterocycles. The van der Waals surface area contributed by atoms with E-state index in [1.165, 1.54) is 24.3 Å². The summed E-state index contributed by atoms with van der Waals surface area (Å²) in [7, 11) is 0. The number of nitrogens with zero attached hydrogens (tertiary/aromatic N) is 2. The first-order valence-electron chi connectivity index (χ1n) is 7.38. The summed E-state index contributed by atoms with van der Waals surface area (Å²) in [6.07, 6.45) is 3.21. The third-order valence-electron chi connectivity index (χ3n) is 3.27. The summed E-state index contributed by atoms with van der Waals surface area (Å²) in [5, 5.41) is 0. The van der Waals surface area contributed by atoms with Crippen LogP contribution < -0.4 is 0 Å². The zero-order valence-corrected chi connectivity index (χ0v) is 12.7. The zero-order valence-electron chi connectivity index (χ0n) is 12.7. The summed E-state index contributed by atoms with van der Waals surface area (Å²) in [6, 6.07) is 19.7. The van der Waals surface area contributed by atoms with E-state index in [4.69, 9.17) is 0 Å². The zero-order chi connectivity index (χ0) is 16.8. The minimum atomic E-state index is -0.291. The lowest BCUT2D eigenvalue weighted by Crippen LogP contribution is -1.82. The highest BCUT2D eigenvalue weighted by Gasteiger charge is 1.94. The lowest BCUT2D eigenvalue weighted by molar-refractivity contribution is 0.627. The number of rotatable bonds is 4. The molecule has 0 N–H and O–H groups in total. The van der Waals surface area contributed by atoms with Crippen molar-refractivity contribution in [1.29, 1.82) is 0 Å². The summed E-state index contributed by atoms with van der Waals surface area (Å²) in [6.45, 7) is 0. The van der Waals surface area contributed by atoms with Gasteiger partial charge in [-0.25, -0.2) is 8.78 Å². The predicted octanol–water partition coefficient (Wildman–Crippen LogP) is 5.47. The maximum Gasteiger partial charge on any atom is 0.123 e. The maximum absolute atomic E-state index is 13.1. The Bertz CT molecular complexity index is 810. The van der Waals surface area contributed by atoms with Crippen LogP contribution >= 0.6 is 0 Å². The van der Waals surface area contributed by atoms with Gasteiger partial charge in [-0.05, 0) is 59.7 Å². The third-order valence-corrected chi connectivity index (χ3v) is 3.27. The Morgan fingerprint density at radius 1 is 0.583 bits per heavy atom. The molecule has 0 spiro atoms. The molecular formula is C20H14F2N2. The second-order valence-corrected chi connectivity index (χ2v) is 5.14. The van der Waals surface area contributed by atoms with Crippen LogP contribution in [0.5, 0.6) is 0 Å². The van der Waals surface area contributed by atoms with Crippen molar-refractivity contribution < 1.29 is 8.78 Å².